The van der Waals surface area contributed by atoms with Gasteiger partial charge in [-0.05, 0) is 37.1 Å². The number of nitrogens with one attached hydrogen (secondary N) is 1. The molecular weight excluding hydrogens is 366 g/mol. The summed E-state index contributed by atoms with van der Waals surface area (Å²) in [6.45, 7) is 1.04. The lowest BCUT2D eigenvalue weighted by molar-refractivity contribution is -0.122. The third-order valence-electron chi connectivity index (χ3n) is 4.86. The van der Waals surface area contributed by atoms with Gasteiger partial charge < -0.3 is 14.8 Å². The number of benzene rings is 1. The molecule has 2 aliphatic rings. The highest BCUT2D eigenvalue weighted by atomic mass is 16.5. The SMILES string of the molecule is COc1ccc(N2Cc3nn(CC(=O)NCC4CCCO4)c(=O)n3C2=O)cc1. The first-order chi connectivity index (χ1) is 13.6. The number of carbonyl (C=O) groups excluding carboxylic acids is 2. The zero-order valence-electron chi connectivity index (χ0n) is 15.5. The van der Waals surface area contributed by atoms with Crippen LogP contribution in [0.5, 0.6) is 5.75 Å². The number of hydrogen-bond acceptors (Lipinski definition) is 6. The van der Waals surface area contributed by atoms with E-state index >= 15 is 0 Å². The van der Waals surface area contributed by atoms with Crippen LogP contribution in [0.15, 0.2) is 29.1 Å². The molecule has 3 heterocycles. The first-order valence-electron chi connectivity index (χ1n) is 9.10. The molecule has 1 atom stereocenters. The van der Waals surface area contributed by atoms with E-state index in [0.29, 0.717) is 30.4 Å². The highest BCUT2D eigenvalue weighted by molar-refractivity contribution is 5.96. The Balaban J connectivity index is 1.43. The largest absolute Gasteiger partial charge is 0.497 e. The summed E-state index contributed by atoms with van der Waals surface area (Å²) < 4.78 is 12.6. The van der Waals surface area contributed by atoms with Crippen molar-refractivity contribution in [2.45, 2.75) is 32.0 Å². The minimum atomic E-state index is -0.622. The Morgan fingerprint density at radius 3 is 2.75 bits per heavy atom. The number of rotatable bonds is 6. The minimum absolute atomic E-state index is 0.0207. The number of carbonyl (C=O) groups is 2. The van der Waals surface area contributed by atoms with Gasteiger partial charge in [-0.15, -0.1) is 0 Å². The monoisotopic (exact) mass is 387 g/mol. The van der Waals surface area contributed by atoms with Crippen LogP contribution < -0.4 is 20.6 Å². The molecule has 1 aromatic heterocycles. The van der Waals surface area contributed by atoms with Crippen LogP contribution in [0.25, 0.3) is 0 Å². The number of anilines is 1. The average molecular weight is 387 g/mol. The van der Waals surface area contributed by atoms with Gasteiger partial charge in [-0.2, -0.15) is 9.67 Å². The third-order valence-corrected chi connectivity index (χ3v) is 4.86. The van der Waals surface area contributed by atoms with Gasteiger partial charge in [0.15, 0.2) is 5.82 Å². The molecule has 10 nitrogen and oxygen atoms in total. The molecule has 1 aromatic carbocycles. The van der Waals surface area contributed by atoms with Crippen molar-refractivity contribution >= 4 is 17.6 Å². The first-order valence-corrected chi connectivity index (χ1v) is 9.10. The fourth-order valence-corrected chi connectivity index (χ4v) is 3.37. The summed E-state index contributed by atoms with van der Waals surface area (Å²) in [6, 6.07) is 6.46. The van der Waals surface area contributed by atoms with Crippen LogP contribution in [0.2, 0.25) is 0 Å². The summed E-state index contributed by atoms with van der Waals surface area (Å²) in [5, 5.41) is 6.90. The molecule has 10 heteroatoms. The molecule has 2 aromatic rings. The Kier molecular flexibility index (Phi) is 4.86. The lowest BCUT2D eigenvalue weighted by Gasteiger charge is -2.15. The molecule has 4 rings (SSSR count). The van der Waals surface area contributed by atoms with Crippen LogP contribution in [-0.2, 0) is 22.6 Å². The minimum Gasteiger partial charge on any atom is -0.497 e. The predicted molar refractivity (Wildman–Crippen MR) is 98.4 cm³/mol. The van der Waals surface area contributed by atoms with Crippen LogP contribution in [0.3, 0.4) is 0 Å². The number of methoxy groups -OCH3 is 1. The second-order valence-corrected chi connectivity index (χ2v) is 6.70. The summed E-state index contributed by atoms with van der Waals surface area (Å²) in [5.41, 5.74) is 0.0137. The molecule has 28 heavy (non-hydrogen) atoms. The highest BCUT2D eigenvalue weighted by Crippen LogP contribution is 2.24. The number of amides is 2. The van der Waals surface area contributed by atoms with Gasteiger partial charge in [-0.1, -0.05) is 0 Å². The molecule has 1 unspecified atom stereocenters. The van der Waals surface area contributed by atoms with Gasteiger partial charge >= 0.3 is 11.7 Å². The van der Waals surface area contributed by atoms with Gasteiger partial charge in [-0.3, -0.25) is 9.69 Å². The standard InChI is InChI=1S/C18H21N5O5/c1-27-13-6-4-12(5-7-13)21-10-15-20-22(18(26)23(15)17(21)25)11-16(24)19-9-14-3-2-8-28-14/h4-7,14H,2-3,8-11H2,1H3,(H,19,24). The zero-order chi connectivity index (χ0) is 19.7. The molecule has 0 spiro atoms. The molecule has 148 valence electrons. The van der Waals surface area contributed by atoms with E-state index in [1.54, 1.807) is 31.4 Å². The Morgan fingerprint density at radius 1 is 1.32 bits per heavy atom. The second-order valence-electron chi connectivity index (χ2n) is 6.70. The van der Waals surface area contributed by atoms with Gasteiger partial charge in [0, 0.05) is 18.8 Å². The highest BCUT2D eigenvalue weighted by Gasteiger charge is 2.33. The van der Waals surface area contributed by atoms with Gasteiger partial charge in [0.1, 0.15) is 12.3 Å². The summed E-state index contributed by atoms with van der Waals surface area (Å²) in [6.07, 6.45) is 1.92. The second kappa shape index (κ2) is 7.47. The van der Waals surface area contributed by atoms with Gasteiger partial charge in [0.05, 0.1) is 19.8 Å². The number of ether oxygens (including phenoxy) is 2. The summed E-state index contributed by atoms with van der Waals surface area (Å²) in [7, 11) is 1.56. The molecule has 0 saturated carbocycles. The smallest absolute Gasteiger partial charge is 0.354 e. The van der Waals surface area contributed by atoms with Crippen LogP contribution in [-0.4, -0.2) is 52.7 Å². The molecule has 2 aliphatic heterocycles. The van der Waals surface area contributed by atoms with Crippen molar-refractivity contribution in [3.8, 4) is 5.75 Å². The van der Waals surface area contributed by atoms with Crippen molar-refractivity contribution in [1.82, 2.24) is 19.7 Å². The van der Waals surface area contributed by atoms with Crippen LogP contribution >= 0.6 is 0 Å². The van der Waals surface area contributed by atoms with Gasteiger partial charge in [0.2, 0.25) is 5.91 Å². The summed E-state index contributed by atoms with van der Waals surface area (Å²) in [5.74, 6) is 0.635. The van der Waals surface area contributed by atoms with Gasteiger partial charge in [-0.25, -0.2) is 14.3 Å². The average Bonchev–Trinajstić information content (AvgIpc) is 3.40. The van der Waals surface area contributed by atoms with E-state index in [4.69, 9.17) is 9.47 Å². The van der Waals surface area contributed by atoms with E-state index in [-0.39, 0.29) is 25.1 Å². The lowest BCUT2D eigenvalue weighted by atomic mass is 10.2. The number of aromatic nitrogens is 3. The van der Waals surface area contributed by atoms with Crippen molar-refractivity contribution in [3.05, 3.63) is 40.6 Å². The third kappa shape index (κ3) is 3.38. The van der Waals surface area contributed by atoms with Crippen molar-refractivity contribution < 1.29 is 19.1 Å². The van der Waals surface area contributed by atoms with Crippen LogP contribution in [0, 0.1) is 0 Å². The van der Waals surface area contributed by atoms with E-state index in [1.165, 1.54) is 4.90 Å². The molecule has 1 N–H and O–H groups in total. The Labute approximate surface area is 160 Å². The van der Waals surface area contributed by atoms with Crippen molar-refractivity contribution in [1.29, 1.82) is 0 Å². The van der Waals surface area contributed by atoms with E-state index in [1.807, 2.05) is 0 Å². The van der Waals surface area contributed by atoms with Crippen LogP contribution in [0.4, 0.5) is 10.5 Å². The maximum Gasteiger partial charge on any atom is 0.354 e. The van der Waals surface area contributed by atoms with Crippen molar-refractivity contribution in [3.63, 3.8) is 0 Å². The molecule has 0 radical (unpaired) electrons. The molecular formula is C18H21N5O5. The summed E-state index contributed by atoms with van der Waals surface area (Å²) in [4.78, 5) is 38.7. The lowest BCUT2D eigenvalue weighted by Crippen LogP contribution is -2.39. The Bertz CT molecular complexity index is 942. The van der Waals surface area contributed by atoms with Crippen molar-refractivity contribution in [2.24, 2.45) is 0 Å². The number of hydrogen-bond donors (Lipinski definition) is 1. The number of fused-ring (bicyclic) bond motifs is 1. The molecule has 1 fully saturated rings. The first kappa shape index (κ1) is 18.2. The molecule has 0 bridgehead atoms. The maximum atomic E-state index is 12.7. The fourth-order valence-electron chi connectivity index (χ4n) is 3.37. The topological polar surface area (TPSA) is 108 Å². The van der Waals surface area contributed by atoms with Crippen molar-refractivity contribution in [2.75, 3.05) is 25.2 Å². The molecule has 0 aliphatic carbocycles. The summed E-state index contributed by atoms with van der Waals surface area (Å²) >= 11 is 0. The van der Waals surface area contributed by atoms with E-state index in [0.717, 1.165) is 22.1 Å². The molecule has 1 saturated heterocycles. The fraction of sp³-hybridized carbons (Fsp3) is 0.444. The van der Waals surface area contributed by atoms with E-state index in [2.05, 4.69) is 10.4 Å². The predicted octanol–water partition coefficient (Wildman–Crippen LogP) is 0.337. The van der Waals surface area contributed by atoms with Crippen LogP contribution in [0.1, 0.15) is 18.7 Å². The Morgan fingerprint density at radius 2 is 2.11 bits per heavy atom. The van der Waals surface area contributed by atoms with E-state index < -0.39 is 11.7 Å². The zero-order valence-corrected chi connectivity index (χ0v) is 15.5. The number of nitrogens with zero attached hydrogens (tertiary/aromatic N) is 4. The normalized spacial score (nSPS) is 18.4. The van der Waals surface area contributed by atoms with E-state index in [9.17, 15) is 14.4 Å². The Hall–Kier alpha value is -3.14. The van der Waals surface area contributed by atoms with Gasteiger partial charge in [0.25, 0.3) is 0 Å². The quantitative estimate of drug-likeness (QED) is 0.766. The maximum absolute atomic E-state index is 12.7. The molecule has 2 amide bonds.